The number of aryl methyl sites for hydroxylation is 1. The van der Waals surface area contributed by atoms with E-state index < -0.39 is 0 Å². The minimum absolute atomic E-state index is 0.254. The Bertz CT molecular complexity index is 522. The first kappa shape index (κ1) is 13.4. The minimum Gasteiger partial charge on any atom is -0.399 e. The van der Waals surface area contributed by atoms with Gasteiger partial charge < -0.3 is 15.4 Å². The monoisotopic (exact) mass is 286 g/mol. The van der Waals surface area contributed by atoms with Gasteiger partial charge in [0.15, 0.2) is 0 Å². The van der Waals surface area contributed by atoms with Gasteiger partial charge in [-0.25, -0.2) is 0 Å². The van der Waals surface area contributed by atoms with Gasteiger partial charge in [0.05, 0.1) is 11.7 Å². The smallest absolute Gasteiger partial charge is 0.0758 e. The Morgan fingerprint density at radius 2 is 2.05 bits per heavy atom. The van der Waals surface area contributed by atoms with Gasteiger partial charge in [-0.05, 0) is 62.3 Å². The van der Waals surface area contributed by atoms with Crippen LogP contribution < -0.4 is 10.6 Å². The van der Waals surface area contributed by atoms with Crippen LogP contribution in [0.5, 0.6) is 0 Å². The molecule has 114 valence electrons. The quantitative estimate of drug-likeness (QED) is 0.846. The van der Waals surface area contributed by atoms with Crippen molar-refractivity contribution < 1.29 is 4.74 Å². The lowest BCUT2D eigenvalue weighted by molar-refractivity contribution is -0.0328. The van der Waals surface area contributed by atoms with Gasteiger partial charge in [0.2, 0.25) is 0 Å². The summed E-state index contributed by atoms with van der Waals surface area (Å²) in [5, 5.41) is 0. The van der Waals surface area contributed by atoms with E-state index in [9.17, 15) is 0 Å². The lowest BCUT2D eigenvalue weighted by Gasteiger charge is -2.34. The van der Waals surface area contributed by atoms with Crippen molar-refractivity contribution in [1.82, 2.24) is 0 Å². The maximum atomic E-state index is 6.49. The lowest BCUT2D eigenvalue weighted by atomic mass is 9.98. The van der Waals surface area contributed by atoms with Crippen LogP contribution >= 0.6 is 0 Å². The van der Waals surface area contributed by atoms with Crippen LogP contribution in [0.25, 0.3) is 0 Å². The Morgan fingerprint density at radius 1 is 1.19 bits per heavy atom. The molecule has 1 aliphatic carbocycles. The van der Waals surface area contributed by atoms with Gasteiger partial charge in [-0.15, -0.1) is 0 Å². The number of nitrogens with zero attached hydrogens (tertiary/aromatic N) is 1. The molecule has 2 aliphatic heterocycles. The Balaban J connectivity index is 1.47. The van der Waals surface area contributed by atoms with Crippen molar-refractivity contribution in [1.29, 1.82) is 0 Å². The van der Waals surface area contributed by atoms with E-state index in [0.717, 1.165) is 25.2 Å². The molecule has 3 heteroatoms. The highest BCUT2D eigenvalue weighted by atomic mass is 16.5. The molecule has 1 saturated carbocycles. The normalized spacial score (nSPS) is 27.2. The molecule has 1 spiro atoms. The molecule has 1 aromatic carbocycles. The predicted octanol–water partition coefficient (Wildman–Crippen LogP) is 3.51. The molecule has 1 unspecified atom stereocenters. The number of fused-ring (bicyclic) bond motifs is 1. The van der Waals surface area contributed by atoms with Gasteiger partial charge in [-0.1, -0.05) is 12.8 Å². The first-order valence-electron chi connectivity index (χ1n) is 8.55. The Kier molecular flexibility index (Phi) is 3.33. The summed E-state index contributed by atoms with van der Waals surface area (Å²) >= 11 is 0. The molecular weight excluding hydrogens is 260 g/mol. The third-order valence-electron chi connectivity index (χ3n) is 5.60. The van der Waals surface area contributed by atoms with Crippen molar-refractivity contribution in [3.8, 4) is 0 Å². The number of benzene rings is 1. The molecule has 21 heavy (non-hydrogen) atoms. The number of ether oxygens (including phenoxy) is 1. The third kappa shape index (κ3) is 2.52. The lowest BCUT2D eigenvalue weighted by Crippen LogP contribution is -2.37. The highest BCUT2D eigenvalue weighted by Gasteiger charge is 2.42. The SMILES string of the molecule is Nc1ccc2c(c1)CCCN2CC1CCC2(CCCC2)O1. The van der Waals surface area contributed by atoms with Crippen molar-refractivity contribution >= 4 is 11.4 Å². The minimum atomic E-state index is 0.254. The number of nitrogens with two attached hydrogens (primary N) is 1. The molecule has 3 aliphatic rings. The van der Waals surface area contributed by atoms with Crippen molar-refractivity contribution in [3.05, 3.63) is 23.8 Å². The summed E-state index contributed by atoms with van der Waals surface area (Å²) in [6.07, 6.45) is 10.6. The van der Waals surface area contributed by atoms with Crippen molar-refractivity contribution in [2.75, 3.05) is 23.7 Å². The van der Waals surface area contributed by atoms with Gasteiger partial charge in [0, 0.05) is 24.5 Å². The van der Waals surface area contributed by atoms with E-state index in [-0.39, 0.29) is 5.60 Å². The summed E-state index contributed by atoms with van der Waals surface area (Å²) < 4.78 is 6.49. The van der Waals surface area contributed by atoms with E-state index in [2.05, 4.69) is 17.0 Å². The van der Waals surface area contributed by atoms with Gasteiger partial charge in [-0.2, -0.15) is 0 Å². The van der Waals surface area contributed by atoms with Crippen LogP contribution in [0.15, 0.2) is 18.2 Å². The van der Waals surface area contributed by atoms with Crippen LogP contribution in [0, 0.1) is 0 Å². The van der Waals surface area contributed by atoms with Gasteiger partial charge in [0.25, 0.3) is 0 Å². The molecule has 2 N–H and O–H groups in total. The zero-order valence-corrected chi connectivity index (χ0v) is 12.8. The average Bonchev–Trinajstić information content (AvgIpc) is 3.09. The molecule has 0 amide bonds. The summed E-state index contributed by atoms with van der Waals surface area (Å²) in [7, 11) is 0. The van der Waals surface area contributed by atoms with Gasteiger partial charge in [0.1, 0.15) is 0 Å². The number of hydrogen-bond donors (Lipinski definition) is 1. The van der Waals surface area contributed by atoms with E-state index in [1.807, 2.05) is 6.07 Å². The predicted molar refractivity (Wildman–Crippen MR) is 86.7 cm³/mol. The molecular formula is C18H26N2O. The van der Waals surface area contributed by atoms with Crippen LogP contribution in [0.1, 0.15) is 50.5 Å². The maximum absolute atomic E-state index is 6.49. The molecule has 1 atom stereocenters. The van der Waals surface area contributed by atoms with E-state index in [4.69, 9.17) is 10.5 Å². The summed E-state index contributed by atoms with van der Waals surface area (Å²) in [6.45, 7) is 2.21. The topological polar surface area (TPSA) is 38.5 Å². The molecule has 0 bridgehead atoms. The average molecular weight is 286 g/mol. The molecule has 1 aromatic rings. The Hall–Kier alpha value is -1.22. The molecule has 0 aromatic heterocycles. The number of rotatable bonds is 2. The Morgan fingerprint density at radius 3 is 2.90 bits per heavy atom. The second-order valence-electron chi connectivity index (χ2n) is 7.11. The maximum Gasteiger partial charge on any atom is 0.0758 e. The fourth-order valence-electron chi connectivity index (χ4n) is 4.54. The second kappa shape index (κ2) is 5.20. The van der Waals surface area contributed by atoms with Crippen molar-refractivity contribution in [2.45, 2.75) is 63.1 Å². The second-order valence-corrected chi connectivity index (χ2v) is 7.11. The van der Waals surface area contributed by atoms with E-state index in [1.165, 1.54) is 56.2 Å². The van der Waals surface area contributed by atoms with Crippen LogP contribution in [-0.2, 0) is 11.2 Å². The van der Waals surface area contributed by atoms with Crippen LogP contribution in [0.2, 0.25) is 0 Å². The van der Waals surface area contributed by atoms with Crippen molar-refractivity contribution in [3.63, 3.8) is 0 Å². The number of hydrogen-bond acceptors (Lipinski definition) is 3. The van der Waals surface area contributed by atoms with Crippen LogP contribution in [0.4, 0.5) is 11.4 Å². The fourth-order valence-corrected chi connectivity index (χ4v) is 4.54. The third-order valence-corrected chi connectivity index (χ3v) is 5.60. The first-order chi connectivity index (χ1) is 10.2. The molecule has 2 fully saturated rings. The zero-order chi connectivity index (χ0) is 14.3. The molecule has 0 radical (unpaired) electrons. The van der Waals surface area contributed by atoms with Gasteiger partial charge in [-0.3, -0.25) is 0 Å². The highest BCUT2D eigenvalue weighted by Crippen LogP contribution is 2.43. The van der Waals surface area contributed by atoms with Crippen LogP contribution in [0.3, 0.4) is 0 Å². The van der Waals surface area contributed by atoms with Crippen LogP contribution in [-0.4, -0.2) is 24.8 Å². The van der Waals surface area contributed by atoms with Crippen molar-refractivity contribution in [2.24, 2.45) is 0 Å². The molecule has 1 saturated heterocycles. The summed E-state index contributed by atoms with van der Waals surface area (Å²) in [4.78, 5) is 2.52. The molecule has 2 heterocycles. The van der Waals surface area contributed by atoms with E-state index in [1.54, 1.807) is 0 Å². The van der Waals surface area contributed by atoms with E-state index >= 15 is 0 Å². The van der Waals surface area contributed by atoms with Gasteiger partial charge >= 0.3 is 0 Å². The fraction of sp³-hybridized carbons (Fsp3) is 0.667. The standard InChI is InChI=1S/C18H26N2O/c19-15-5-6-17-14(12-15)4-3-11-20(17)13-16-7-10-18(21-16)8-1-2-9-18/h5-6,12,16H,1-4,7-11,13,19H2. The highest BCUT2D eigenvalue weighted by molar-refractivity contribution is 5.61. The molecule has 3 nitrogen and oxygen atoms in total. The van der Waals surface area contributed by atoms with E-state index in [0.29, 0.717) is 6.10 Å². The number of nitrogen functional groups attached to an aromatic ring is 1. The first-order valence-corrected chi connectivity index (χ1v) is 8.55. The largest absolute Gasteiger partial charge is 0.399 e. The molecule has 4 rings (SSSR count). The summed E-state index contributed by atoms with van der Waals surface area (Å²) in [5.74, 6) is 0. The zero-order valence-electron chi connectivity index (χ0n) is 12.8. The Labute approximate surface area is 127 Å². The summed E-state index contributed by atoms with van der Waals surface area (Å²) in [6, 6.07) is 6.38. The number of anilines is 2. The summed E-state index contributed by atoms with van der Waals surface area (Å²) in [5.41, 5.74) is 9.86.